The number of furan rings is 1. The van der Waals surface area contributed by atoms with Crippen LogP contribution in [0.1, 0.15) is 32.4 Å². The molecule has 0 saturated heterocycles. The maximum absolute atomic E-state index is 13.4. The number of aromatic nitrogens is 1. The van der Waals surface area contributed by atoms with E-state index in [4.69, 9.17) is 8.94 Å². The second-order valence-electron chi connectivity index (χ2n) is 5.47. The van der Waals surface area contributed by atoms with E-state index in [9.17, 15) is 22.8 Å². The highest BCUT2D eigenvalue weighted by Crippen LogP contribution is 2.37. The average molecular weight is 379 g/mol. The first kappa shape index (κ1) is 18.2. The van der Waals surface area contributed by atoms with Crippen molar-refractivity contribution in [3.8, 4) is 0 Å². The molecule has 0 saturated carbocycles. The summed E-state index contributed by atoms with van der Waals surface area (Å²) in [6.45, 7) is 1.54. The lowest BCUT2D eigenvalue weighted by molar-refractivity contribution is -0.136. The Morgan fingerprint density at radius 3 is 2.44 bits per heavy atom. The molecule has 3 rings (SSSR count). The predicted molar refractivity (Wildman–Crippen MR) is 87.3 cm³/mol. The predicted octanol–water partition coefficient (Wildman–Crippen LogP) is 4.10. The molecule has 2 aromatic heterocycles. The van der Waals surface area contributed by atoms with Crippen LogP contribution in [0, 0.1) is 6.92 Å². The molecule has 2 amide bonds. The number of amides is 2. The number of rotatable bonds is 4. The smallest absolute Gasteiger partial charge is 0.418 e. The van der Waals surface area contributed by atoms with Gasteiger partial charge >= 0.3 is 6.18 Å². The number of nitrogens with zero attached hydrogens (tertiary/aromatic N) is 1. The summed E-state index contributed by atoms with van der Waals surface area (Å²) < 4.78 is 49.8. The highest BCUT2D eigenvalue weighted by atomic mass is 19.4. The molecular formula is C17H12F3N3O4. The minimum Gasteiger partial charge on any atom is -0.459 e. The van der Waals surface area contributed by atoms with E-state index < -0.39 is 29.2 Å². The van der Waals surface area contributed by atoms with Gasteiger partial charge in [-0.3, -0.25) is 9.59 Å². The average Bonchev–Trinajstić information content (AvgIpc) is 3.26. The second kappa shape index (κ2) is 6.98. The molecule has 0 fully saturated rings. The Hall–Kier alpha value is -3.56. The fraction of sp³-hybridized carbons (Fsp3) is 0.118. The van der Waals surface area contributed by atoms with Crippen molar-refractivity contribution in [1.29, 1.82) is 0 Å². The zero-order valence-electron chi connectivity index (χ0n) is 13.8. The molecule has 0 aliphatic carbocycles. The number of benzene rings is 1. The van der Waals surface area contributed by atoms with Crippen LogP contribution >= 0.6 is 0 Å². The van der Waals surface area contributed by atoms with Gasteiger partial charge in [0.1, 0.15) is 5.76 Å². The monoisotopic (exact) mass is 379 g/mol. The van der Waals surface area contributed by atoms with Crippen LogP contribution in [0.5, 0.6) is 0 Å². The number of halogens is 3. The van der Waals surface area contributed by atoms with Gasteiger partial charge in [-0.25, -0.2) is 0 Å². The van der Waals surface area contributed by atoms with Gasteiger partial charge in [-0.1, -0.05) is 5.16 Å². The molecular weight excluding hydrogens is 367 g/mol. The highest BCUT2D eigenvalue weighted by Gasteiger charge is 2.34. The molecule has 1 aromatic carbocycles. The van der Waals surface area contributed by atoms with E-state index in [1.165, 1.54) is 30.5 Å². The molecule has 2 N–H and O–H groups in total. The van der Waals surface area contributed by atoms with Gasteiger partial charge in [-0.15, -0.1) is 0 Å². The number of carbonyl (C=O) groups excluding carboxylic acids is 2. The van der Waals surface area contributed by atoms with E-state index in [1.54, 1.807) is 6.92 Å². The van der Waals surface area contributed by atoms with Gasteiger partial charge in [0.05, 0.1) is 17.5 Å². The second-order valence-corrected chi connectivity index (χ2v) is 5.47. The first-order valence-electron chi connectivity index (χ1n) is 7.55. The minimum atomic E-state index is -4.77. The van der Waals surface area contributed by atoms with Crippen molar-refractivity contribution in [2.75, 3.05) is 10.6 Å². The van der Waals surface area contributed by atoms with Gasteiger partial charge in [0.15, 0.2) is 11.5 Å². The number of alkyl halides is 3. The molecule has 0 aliphatic rings. The Kier molecular flexibility index (Phi) is 4.72. The normalized spacial score (nSPS) is 11.3. The summed E-state index contributed by atoms with van der Waals surface area (Å²) in [6.07, 6.45) is -3.51. The number of hydrogen-bond acceptors (Lipinski definition) is 5. The van der Waals surface area contributed by atoms with Crippen LogP contribution < -0.4 is 10.6 Å². The molecule has 0 radical (unpaired) electrons. The Balaban J connectivity index is 1.86. The van der Waals surface area contributed by atoms with Crippen molar-refractivity contribution < 1.29 is 31.7 Å². The molecule has 0 aliphatic heterocycles. The minimum absolute atomic E-state index is 0.0534. The maximum Gasteiger partial charge on any atom is 0.418 e. The lowest BCUT2D eigenvalue weighted by Gasteiger charge is -2.15. The third kappa shape index (κ3) is 4.17. The largest absolute Gasteiger partial charge is 0.459 e. The summed E-state index contributed by atoms with van der Waals surface area (Å²) in [6, 6.07) is 7.10. The Morgan fingerprint density at radius 1 is 1.07 bits per heavy atom. The van der Waals surface area contributed by atoms with Crippen LogP contribution in [0.25, 0.3) is 0 Å². The van der Waals surface area contributed by atoms with E-state index >= 15 is 0 Å². The van der Waals surface area contributed by atoms with E-state index in [0.717, 1.165) is 6.07 Å². The van der Waals surface area contributed by atoms with Gasteiger partial charge in [0.25, 0.3) is 11.8 Å². The van der Waals surface area contributed by atoms with Crippen LogP contribution in [0.3, 0.4) is 0 Å². The highest BCUT2D eigenvalue weighted by molar-refractivity contribution is 6.04. The molecule has 0 atom stereocenters. The Bertz CT molecular complexity index is 978. The summed E-state index contributed by atoms with van der Waals surface area (Å²) in [5.74, 6) is -1.28. The molecule has 140 valence electrons. The van der Waals surface area contributed by atoms with Crippen LogP contribution in [-0.4, -0.2) is 17.0 Å². The molecule has 0 bridgehead atoms. The van der Waals surface area contributed by atoms with Crippen LogP contribution in [0.2, 0.25) is 0 Å². The summed E-state index contributed by atoms with van der Waals surface area (Å²) in [5.41, 5.74) is -1.88. The van der Waals surface area contributed by atoms with Gasteiger partial charge in [0, 0.05) is 11.8 Å². The number of nitrogens with one attached hydrogen (secondary N) is 2. The maximum atomic E-state index is 13.4. The van der Waals surface area contributed by atoms with Crippen LogP contribution in [-0.2, 0) is 6.18 Å². The van der Waals surface area contributed by atoms with Crippen molar-refractivity contribution >= 4 is 23.2 Å². The van der Waals surface area contributed by atoms with Crippen molar-refractivity contribution in [3.05, 3.63) is 65.4 Å². The molecule has 27 heavy (non-hydrogen) atoms. The molecule has 10 heteroatoms. The lowest BCUT2D eigenvalue weighted by atomic mass is 10.1. The molecule has 0 unspecified atom stereocenters. The van der Waals surface area contributed by atoms with E-state index in [1.807, 2.05) is 0 Å². The van der Waals surface area contributed by atoms with Crippen LogP contribution in [0.4, 0.5) is 24.5 Å². The number of anilines is 2. The van der Waals surface area contributed by atoms with Gasteiger partial charge in [-0.05, 0) is 37.3 Å². The summed E-state index contributed by atoms with van der Waals surface area (Å²) >= 11 is 0. The van der Waals surface area contributed by atoms with Crippen molar-refractivity contribution in [1.82, 2.24) is 5.16 Å². The zero-order chi connectivity index (χ0) is 19.6. The lowest BCUT2D eigenvalue weighted by Crippen LogP contribution is -2.18. The summed E-state index contributed by atoms with van der Waals surface area (Å²) in [7, 11) is 0. The topological polar surface area (TPSA) is 97.4 Å². The third-order valence-corrected chi connectivity index (χ3v) is 3.44. The molecule has 3 aromatic rings. The van der Waals surface area contributed by atoms with E-state index in [-0.39, 0.29) is 17.1 Å². The van der Waals surface area contributed by atoms with Crippen molar-refractivity contribution in [2.45, 2.75) is 13.1 Å². The molecule has 0 spiro atoms. The van der Waals surface area contributed by atoms with E-state index in [0.29, 0.717) is 11.8 Å². The van der Waals surface area contributed by atoms with Gasteiger partial charge in [-0.2, -0.15) is 13.2 Å². The Morgan fingerprint density at radius 2 is 1.85 bits per heavy atom. The van der Waals surface area contributed by atoms with Crippen LogP contribution in [0.15, 0.2) is 51.6 Å². The molecule has 7 nitrogen and oxygen atoms in total. The first-order valence-corrected chi connectivity index (χ1v) is 7.55. The number of carbonyl (C=O) groups is 2. The first-order chi connectivity index (χ1) is 12.7. The van der Waals surface area contributed by atoms with Crippen molar-refractivity contribution in [2.24, 2.45) is 0 Å². The Labute approximate surface area is 150 Å². The number of aryl methyl sites for hydroxylation is 1. The fourth-order valence-corrected chi connectivity index (χ4v) is 2.23. The van der Waals surface area contributed by atoms with E-state index in [2.05, 4.69) is 15.8 Å². The molecule has 2 heterocycles. The van der Waals surface area contributed by atoms with Gasteiger partial charge in [0.2, 0.25) is 0 Å². The third-order valence-electron chi connectivity index (χ3n) is 3.44. The quantitative estimate of drug-likeness (QED) is 0.711. The van der Waals surface area contributed by atoms with Crippen molar-refractivity contribution in [3.63, 3.8) is 0 Å². The standard InChI is InChI=1S/C17H12F3N3O4/c1-9-7-13(23-27-9)15(24)22-12-5-4-10(8-11(12)17(18,19)20)21-16(25)14-3-2-6-26-14/h2-8H,1H3,(H,21,25)(H,22,24). The van der Waals surface area contributed by atoms with Gasteiger partial charge < -0.3 is 19.6 Å². The summed E-state index contributed by atoms with van der Waals surface area (Å²) in [4.78, 5) is 24.0. The number of hydrogen-bond donors (Lipinski definition) is 2. The fourth-order valence-electron chi connectivity index (χ4n) is 2.23. The summed E-state index contributed by atoms with van der Waals surface area (Å²) in [5, 5.41) is 7.90. The SMILES string of the molecule is Cc1cc(C(=O)Nc2ccc(NC(=O)c3ccco3)cc2C(F)(F)F)no1. The zero-order valence-corrected chi connectivity index (χ0v) is 13.8.